The number of nitrogens with zero attached hydrogens (tertiary/aromatic N) is 1. The smallest absolute Gasteiger partial charge is 0.318 e. The lowest BCUT2D eigenvalue weighted by Gasteiger charge is -2.25. The fourth-order valence-corrected chi connectivity index (χ4v) is 3.48. The molecular weight excluding hydrogens is 346 g/mol. The maximum absolute atomic E-state index is 13.7. The number of benzene rings is 1. The summed E-state index contributed by atoms with van der Waals surface area (Å²) in [5.74, 6) is -1.06. The Morgan fingerprint density at radius 1 is 1.36 bits per heavy atom. The predicted octanol–water partition coefficient (Wildman–Crippen LogP) is 3.92. The Hall–Kier alpha value is -1.99. The van der Waals surface area contributed by atoms with E-state index in [2.05, 4.69) is 5.32 Å². The summed E-state index contributed by atoms with van der Waals surface area (Å²) in [6.45, 7) is 1.59. The SMILES string of the molecule is O=C(NCc1cc(F)ccc1F)N(Cc1ccsc1)CC1CCCO1. The highest BCUT2D eigenvalue weighted by molar-refractivity contribution is 7.07. The highest BCUT2D eigenvalue weighted by Crippen LogP contribution is 2.17. The predicted molar refractivity (Wildman–Crippen MR) is 92.3 cm³/mol. The topological polar surface area (TPSA) is 41.6 Å². The Bertz CT molecular complexity index is 703. The maximum Gasteiger partial charge on any atom is 0.318 e. The summed E-state index contributed by atoms with van der Waals surface area (Å²) in [6.07, 6.45) is 1.94. The molecule has 1 N–H and O–H groups in total. The van der Waals surface area contributed by atoms with Crippen molar-refractivity contribution in [3.05, 3.63) is 57.8 Å². The molecule has 1 fully saturated rings. The molecule has 1 aliphatic rings. The van der Waals surface area contributed by atoms with Crippen LogP contribution in [-0.2, 0) is 17.8 Å². The fraction of sp³-hybridized carbons (Fsp3) is 0.389. The third-order valence-electron chi connectivity index (χ3n) is 4.13. The summed E-state index contributed by atoms with van der Waals surface area (Å²) in [5.41, 5.74) is 1.16. The lowest BCUT2D eigenvalue weighted by molar-refractivity contribution is 0.0794. The van der Waals surface area contributed by atoms with Crippen LogP contribution in [0.2, 0.25) is 0 Å². The Balaban J connectivity index is 1.63. The molecule has 4 nitrogen and oxygen atoms in total. The Labute approximate surface area is 149 Å². The first-order valence-corrected chi connectivity index (χ1v) is 9.15. The maximum atomic E-state index is 13.7. The molecule has 2 heterocycles. The minimum atomic E-state index is -0.537. The molecule has 0 saturated carbocycles. The number of ether oxygens (including phenoxy) is 1. The zero-order valence-electron chi connectivity index (χ0n) is 13.7. The van der Waals surface area contributed by atoms with Crippen LogP contribution in [0.1, 0.15) is 24.0 Å². The molecule has 7 heteroatoms. The molecule has 0 aliphatic carbocycles. The summed E-state index contributed by atoms with van der Waals surface area (Å²) < 4.78 is 32.6. The zero-order valence-corrected chi connectivity index (χ0v) is 14.5. The standard InChI is InChI=1S/C18H20F2N2O2S/c19-15-3-4-17(20)14(8-15)9-21-18(23)22(10-13-5-7-25-12-13)11-16-2-1-6-24-16/h3-5,7-8,12,16H,1-2,6,9-11H2,(H,21,23). The molecule has 1 atom stereocenters. The van der Waals surface area contributed by atoms with E-state index < -0.39 is 11.6 Å². The second-order valence-corrected chi connectivity index (χ2v) is 6.82. The molecule has 25 heavy (non-hydrogen) atoms. The van der Waals surface area contributed by atoms with Crippen LogP contribution < -0.4 is 5.32 Å². The second-order valence-electron chi connectivity index (χ2n) is 6.04. The molecule has 1 aromatic carbocycles. The van der Waals surface area contributed by atoms with Gasteiger partial charge in [-0.3, -0.25) is 0 Å². The van der Waals surface area contributed by atoms with E-state index in [0.29, 0.717) is 19.7 Å². The number of rotatable bonds is 6. The number of amides is 2. The number of halogens is 2. The van der Waals surface area contributed by atoms with Gasteiger partial charge in [-0.15, -0.1) is 0 Å². The van der Waals surface area contributed by atoms with Gasteiger partial charge in [0.1, 0.15) is 11.6 Å². The number of hydrogen-bond donors (Lipinski definition) is 1. The Morgan fingerprint density at radius 2 is 2.24 bits per heavy atom. The van der Waals surface area contributed by atoms with Crippen molar-refractivity contribution in [2.24, 2.45) is 0 Å². The van der Waals surface area contributed by atoms with Crippen molar-refractivity contribution in [3.8, 4) is 0 Å². The monoisotopic (exact) mass is 366 g/mol. The van der Waals surface area contributed by atoms with Gasteiger partial charge in [0.15, 0.2) is 0 Å². The highest BCUT2D eigenvalue weighted by Gasteiger charge is 2.23. The molecule has 1 aliphatic heterocycles. The molecule has 134 valence electrons. The van der Waals surface area contributed by atoms with Crippen molar-refractivity contribution in [3.63, 3.8) is 0 Å². The van der Waals surface area contributed by atoms with Crippen LogP contribution in [0.25, 0.3) is 0 Å². The van der Waals surface area contributed by atoms with Gasteiger partial charge in [0.2, 0.25) is 0 Å². The van der Waals surface area contributed by atoms with Crippen molar-refractivity contribution < 1.29 is 18.3 Å². The molecule has 0 spiro atoms. The van der Waals surface area contributed by atoms with Crippen LogP contribution in [0.4, 0.5) is 13.6 Å². The van der Waals surface area contributed by atoms with E-state index in [4.69, 9.17) is 4.74 Å². The van der Waals surface area contributed by atoms with Gasteiger partial charge in [0, 0.05) is 31.8 Å². The molecule has 1 saturated heterocycles. The number of carbonyl (C=O) groups excluding carboxylic acids is 1. The van der Waals surface area contributed by atoms with Gasteiger partial charge < -0.3 is 15.0 Å². The van der Waals surface area contributed by atoms with Crippen molar-refractivity contribution in [2.75, 3.05) is 13.2 Å². The third-order valence-corrected chi connectivity index (χ3v) is 4.86. The fourth-order valence-electron chi connectivity index (χ4n) is 2.82. The molecule has 3 rings (SSSR count). The van der Waals surface area contributed by atoms with E-state index in [-0.39, 0.29) is 24.2 Å². The molecule has 1 unspecified atom stereocenters. The average molecular weight is 366 g/mol. The van der Waals surface area contributed by atoms with Gasteiger partial charge in [-0.05, 0) is 53.4 Å². The van der Waals surface area contributed by atoms with E-state index in [0.717, 1.165) is 36.6 Å². The van der Waals surface area contributed by atoms with Gasteiger partial charge >= 0.3 is 6.03 Å². The first kappa shape index (κ1) is 17.8. The lowest BCUT2D eigenvalue weighted by atomic mass is 10.2. The average Bonchev–Trinajstić information content (AvgIpc) is 3.28. The number of hydrogen-bond acceptors (Lipinski definition) is 3. The quantitative estimate of drug-likeness (QED) is 0.842. The van der Waals surface area contributed by atoms with E-state index >= 15 is 0 Å². The van der Waals surface area contributed by atoms with Gasteiger partial charge in [0.05, 0.1) is 6.10 Å². The number of nitrogens with one attached hydrogen (secondary N) is 1. The number of thiophene rings is 1. The Kier molecular flexibility index (Phi) is 5.99. The highest BCUT2D eigenvalue weighted by atomic mass is 32.1. The first-order chi connectivity index (χ1) is 12.1. The summed E-state index contributed by atoms with van der Waals surface area (Å²) in [5, 5.41) is 6.63. The third kappa shape index (κ3) is 4.99. The lowest BCUT2D eigenvalue weighted by Crippen LogP contribution is -2.43. The molecular formula is C18H20F2N2O2S. The summed E-state index contributed by atoms with van der Waals surface area (Å²) in [7, 11) is 0. The Morgan fingerprint density at radius 3 is 2.96 bits per heavy atom. The van der Waals surface area contributed by atoms with Crippen LogP contribution in [0.5, 0.6) is 0 Å². The van der Waals surface area contributed by atoms with Crippen molar-refractivity contribution in [2.45, 2.75) is 32.0 Å². The molecule has 2 amide bonds. The zero-order chi connectivity index (χ0) is 17.6. The van der Waals surface area contributed by atoms with Gasteiger partial charge in [-0.2, -0.15) is 11.3 Å². The van der Waals surface area contributed by atoms with Gasteiger partial charge in [-0.25, -0.2) is 13.6 Å². The van der Waals surface area contributed by atoms with Crippen LogP contribution in [0.15, 0.2) is 35.0 Å². The van der Waals surface area contributed by atoms with Gasteiger partial charge in [-0.1, -0.05) is 0 Å². The van der Waals surface area contributed by atoms with Gasteiger partial charge in [0.25, 0.3) is 0 Å². The first-order valence-electron chi connectivity index (χ1n) is 8.21. The summed E-state index contributed by atoms with van der Waals surface area (Å²) >= 11 is 1.57. The van der Waals surface area contributed by atoms with E-state index in [1.54, 1.807) is 16.2 Å². The number of urea groups is 1. The largest absolute Gasteiger partial charge is 0.376 e. The van der Waals surface area contributed by atoms with Crippen LogP contribution in [0, 0.1) is 11.6 Å². The van der Waals surface area contributed by atoms with Crippen molar-refractivity contribution in [1.29, 1.82) is 0 Å². The van der Waals surface area contributed by atoms with E-state index in [1.807, 2.05) is 16.8 Å². The summed E-state index contributed by atoms with van der Waals surface area (Å²) in [6, 6.07) is 4.86. The normalized spacial score (nSPS) is 16.8. The number of carbonyl (C=O) groups is 1. The molecule has 0 bridgehead atoms. The van der Waals surface area contributed by atoms with Crippen LogP contribution in [0.3, 0.4) is 0 Å². The van der Waals surface area contributed by atoms with E-state index in [9.17, 15) is 13.6 Å². The van der Waals surface area contributed by atoms with Crippen LogP contribution in [-0.4, -0.2) is 30.2 Å². The van der Waals surface area contributed by atoms with Crippen LogP contribution >= 0.6 is 11.3 Å². The van der Waals surface area contributed by atoms with Crippen molar-refractivity contribution >= 4 is 17.4 Å². The van der Waals surface area contributed by atoms with E-state index in [1.165, 1.54) is 0 Å². The van der Waals surface area contributed by atoms with Crippen molar-refractivity contribution in [1.82, 2.24) is 10.2 Å². The second kappa shape index (κ2) is 8.40. The minimum Gasteiger partial charge on any atom is -0.376 e. The minimum absolute atomic E-state index is 0.0234. The molecule has 2 aromatic rings. The molecule has 0 radical (unpaired) electrons. The molecule has 1 aromatic heterocycles. The summed E-state index contributed by atoms with van der Waals surface area (Å²) in [4.78, 5) is 14.2.